The molecule has 0 aliphatic rings. The van der Waals surface area contributed by atoms with E-state index >= 15 is 0 Å². The van der Waals surface area contributed by atoms with E-state index in [1.165, 1.54) is 5.56 Å². The van der Waals surface area contributed by atoms with Crippen LogP contribution in [0.3, 0.4) is 0 Å². The first-order valence-electron chi connectivity index (χ1n) is 10.3. The molecule has 0 radical (unpaired) electrons. The van der Waals surface area contributed by atoms with E-state index in [0.29, 0.717) is 5.56 Å². The minimum absolute atomic E-state index is 0.0778. The highest BCUT2D eigenvalue weighted by atomic mass is 79.9. The maximum absolute atomic E-state index is 13.1. The molecule has 0 saturated heterocycles. The minimum atomic E-state index is -0.258. The van der Waals surface area contributed by atoms with Crippen molar-refractivity contribution in [2.24, 2.45) is 5.10 Å². The Bertz CT molecular complexity index is 1320. The van der Waals surface area contributed by atoms with E-state index in [9.17, 15) is 4.79 Å². The summed E-state index contributed by atoms with van der Waals surface area (Å²) in [5.74, 6) is -0.258. The topological polar surface area (TPSA) is 54.4 Å². The zero-order chi connectivity index (χ0) is 22.9. The summed E-state index contributed by atoms with van der Waals surface area (Å²) in [6.07, 6.45) is 0. The van der Waals surface area contributed by atoms with Crippen LogP contribution in [0.15, 0.2) is 75.6 Å². The zero-order valence-electron chi connectivity index (χ0n) is 18.4. The van der Waals surface area contributed by atoms with Crippen molar-refractivity contribution in [2.75, 3.05) is 0 Å². The van der Waals surface area contributed by atoms with E-state index in [0.717, 1.165) is 36.5 Å². The Kier molecular flexibility index (Phi) is 6.26. The number of hydrogen-bond donors (Lipinski definition) is 1. The molecular formula is C26H24BrN3OS. The van der Waals surface area contributed by atoms with Gasteiger partial charge in [-0.05, 0) is 58.1 Å². The highest BCUT2D eigenvalue weighted by Gasteiger charge is 2.16. The van der Waals surface area contributed by atoms with Gasteiger partial charge in [0.05, 0.1) is 31.1 Å². The van der Waals surface area contributed by atoms with Crippen molar-refractivity contribution in [3.05, 3.63) is 86.5 Å². The zero-order valence-corrected chi connectivity index (χ0v) is 20.8. The van der Waals surface area contributed by atoms with Gasteiger partial charge in [-0.2, -0.15) is 5.10 Å². The van der Waals surface area contributed by atoms with Crippen molar-refractivity contribution in [2.45, 2.75) is 33.1 Å². The smallest absolute Gasteiger partial charge is 0.267 e. The molecule has 4 rings (SSSR count). The normalized spacial score (nSPS) is 12.2. The predicted molar refractivity (Wildman–Crippen MR) is 138 cm³/mol. The summed E-state index contributed by atoms with van der Waals surface area (Å²) in [6.45, 7) is 8.45. The molecule has 0 bridgehead atoms. The number of amides is 1. The Balaban J connectivity index is 1.70. The molecule has 0 spiro atoms. The molecule has 0 saturated carbocycles. The van der Waals surface area contributed by atoms with E-state index in [1.807, 2.05) is 49.4 Å². The molecule has 0 aliphatic heterocycles. The number of carbonyl (C=O) groups excluding carboxylic acids is 1. The van der Waals surface area contributed by atoms with Gasteiger partial charge in [-0.25, -0.2) is 10.4 Å². The van der Waals surface area contributed by atoms with Crippen molar-refractivity contribution in [1.29, 1.82) is 0 Å². The van der Waals surface area contributed by atoms with Crippen LogP contribution in [0, 0.1) is 0 Å². The van der Waals surface area contributed by atoms with E-state index in [2.05, 4.69) is 71.5 Å². The van der Waals surface area contributed by atoms with Gasteiger partial charge in [-0.1, -0.05) is 63.2 Å². The molecular weight excluding hydrogens is 482 g/mol. The second-order valence-electron chi connectivity index (χ2n) is 8.64. The van der Waals surface area contributed by atoms with Crippen LogP contribution in [0.1, 0.15) is 48.5 Å². The lowest BCUT2D eigenvalue weighted by Gasteiger charge is -2.19. The molecule has 0 fully saturated rings. The average molecular weight is 506 g/mol. The minimum Gasteiger partial charge on any atom is -0.267 e. The number of fused-ring (bicyclic) bond motifs is 1. The maximum atomic E-state index is 13.1. The number of rotatable bonds is 4. The average Bonchev–Trinajstić information content (AvgIpc) is 3.22. The molecule has 1 N–H and O–H groups in total. The van der Waals surface area contributed by atoms with Gasteiger partial charge in [0.1, 0.15) is 0 Å². The van der Waals surface area contributed by atoms with Crippen LogP contribution in [0.2, 0.25) is 0 Å². The van der Waals surface area contributed by atoms with Crippen molar-refractivity contribution >= 4 is 49.8 Å². The first kappa shape index (κ1) is 22.4. The van der Waals surface area contributed by atoms with Crippen LogP contribution >= 0.6 is 27.3 Å². The Morgan fingerprint density at radius 2 is 1.75 bits per heavy atom. The Morgan fingerprint density at radius 3 is 2.41 bits per heavy atom. The summed E-state index contributed by atoms with van der Waals surface area (Å²) in [4.78, 5) is 18.9. The molecule has 2 aromatic carbocycles. The lowest BCUT2D eigenvalue weighted by molar-refractivity contribution is 0.0956. The van der Waals surface area contributed by atoms with Crippen molar-refractivity contribution < 1.29 is 4.79 Å². The summed E-state index contributed by atoms with van der Waals surface area (Å²) in [5.41, 5.74) is 7.87. The number of para-hydroxylation sites is 1. The second kappa shape index (κ2) is 8.96. The first-order chi connectivity index (χ1) is 15.2. The van der Waals surface area contributed by atoms with Gasteiger partial charge < -0.3 is 0 Å². The summed E-state index contributed by atoms with van der Waals surface area (Å²) in [6, 6.07) is 21.8. The molecule has 162 valence electrons. The lowest BCUT2D eigenvalue weighted by Crippen LogP contribution is -2.19. The van der Waals surface area contributed by atoms with Gasteiger partial charge >= 0.3 is 0 Å². The van der Waals surface area contributed by atoms with Crippen LogP contribution < -0.4 is 5.43 Å². The fourth-order valence-corrected chi connectivity index (χ4v) is 4.74. The van der Waals surface area contributed by atoms with Crippen molar-refractivity contribution in [3.8, 4) is 11.3 Å². The molecule has 0 unspecified atom stereocenters. The number of aromatic nitrogens is 1. The van der Waals surface area contributed by atoms with Gasteiger partial charge in [0, 0.05) is 10.9 Å². The Morgan fingerprint density at radius 1 is 1.03 bits per heavy atom. The number of thiophene rings is 1. The number of halogens is 1. The van der Waals surface area contributed by atoms with E-state index in [4.69, 9.17) is 4.98 Å². The highest BCUT2D eigenvalue weighted by Crippen LogP contribution is 2.28. The lowest BCUT2D eigenvalue weighted by atomic mass is 9.86. The maximum Gasteiger partial charge on any atom is 0.272 e. The quantitative estimate of drug-likeness (QED) is 0.236. The first-order valence-corrected chi connectivity index (χ1v) is 11.9. The molecule has 2 heterocycles. The van der Waals surface area contributed by atoms with Gasteiger partial charge in [0.2, 0.25) is 0 Å². The third-order valence-corrected chi connectivity index (χ3v) is 6.99. The monoisotopic (exact) mass is 505 g/mol. The van der Waals surface area contributed by atoms with Crippen LogP contribution in [0.25, 0.3) is 22.2 Å². The van der Waals surface area contributed by atoms with Crippen LogP contribution in [-0.4, -0.2) is 16.6 Å². The molecule has 2 aromatic heterocycles. The predicted octanol–water partition coefficient (Wildman–Crippen LogP) is 7.18. The van der Waals surface area contributed by atoms with E-state index in [-0.39, 0.29) is 11.3 Å². The van der Waals surface area contributed by atoms with Gasteiger partial charge in [0.15, 0.2) is 0 Å². The van der Waals surface area contributed by atoms with Gasteiger partial charge in [-0.3, -0.25) is 4.79 Å². The van der Waals surface area contributed by atoms with Crippen LogP contribution in [0.5, 0.6) is 0 Å². The molecule has 4 aromatic rings. The summed E-state index contributed by atoms with van der Waals surface area (Å²) in [7, 11) is 0. The third kappa shape index (κ3) is 4.81. The number of benzene rings is 2. The van der Waals surface area contributed by atoms with Crippen LogP contribution in [0.4, 0.5) is 0 Å². The standard InChI is InChI=1S/C26H24BrN3OS/c1-16(23-13-14-24(27)32-23)29-30-25(31)20-15-22(28-21-8-6-5-7-19(20)21)17-9-11-18(12-10-17)26(2,3)4/h5-15H,1-4H3,(H,30,31). The van der Waals surface area contributed by atoms with Crippen LogP contribution in [-0.2, 0) is 5.41 Å². The summed E-state index contributed by atoms with van der Waals surface area (Å²) < 4.78 is 1.02. The summed E-state index contributed by atoms with van der Waals surface area (Å²) >= 11 is 5.03. The van der Waals surface area contributed by atoms with Gasteiger partial charge in [-0.15, -0.1) is 11.3 Å². The highest BCUT2D eigenvalue weighted by molar-refractivity contribution is 9.11. The Hall–Kier alpha value is -2.83. The van der Waals surface area contributed by atoms with Gasteiger partial charge in [0.25, 0.3) is 5.91 Å². The molecule has 0 atom stereocenters. The fraction of sp³-hybridized carbons (Fsp3) is 0.192. The largest absolute Gasteiger partial charge is 0.272 e. The second-order valence-corrected chi connectivity index (χ2v) is 11.1. The molecule has 4 nitrogen and oxygen atoms in total. The Labute approximate surface area is 200 Å². The molecule has 1 amide bonds. The van der Waals surface area contributed by atoms with E-state index < -0.39 is 0 Å². The fourth-order valence-electron chi connectivity index (χ4n) is 3.41. The molecule has 6 heteroatoms. The molecule has 32 heavy (non-hydrogen) atoms. The number of nitrogens with one attached hydrogen (secondary N) is 1. The number of carbonyl (C=O) groups is 1. The SMILES string of the molecule is CC(=NNC(=O)c1cc(-c2ccc(C(C)(C)C)cc2)nc2ccccc12)c1ccc(Br)s1. The van der Waals surface area contributed by atoms with Crippen molar-refractivity contribution in [3.63, 3.8) is 0 Å². The third-order valence-electron chi connectivity index (χ3n) is 5.26. The number of hydrazone groups is 1. The van der Waals surface area contributed by atoms with E-state index in [1.54, 1.807) is 11.3 Å². The number of pyridine rings is 1. The molecule has 0 aliphatic carbocycles. The number of hydrogen-bond acceptors (Lipinski definition) is 4. The summed E-state index contributed by atoms with van der Waals surface area (Å²) in [5, 5.41) is 5.12. The van der Waals surface area contributed by atoms with Crippen molar-refractivity contribution in [1.82, 2.24) is 10.4 Å². The number of nitrogens with zero attached hydrogens (tertiary/aromatic N) is 2.